The molecule has 35 heavy (non-hydrogen) atoms. The number of carbonyl (C=O) groups excluding carboxylic acids is 2. The first-order valence-electron chi connectivity index (χ1n) is 11.7. The zero-order valence-corrected chi connectivity index (χ0v) is 21.0. The lowest BCUT2D eigenvalue weighted by molar-refractivity contribution is -0.137. The van der Waals surface area contributed by atoms with E-state index in [1.54, 1.807) is 24.1 Å². The van der Waals surface area contributed by atoms with Gasteiger partial charge in [0.1, 0.15) is 24.4 Å². The summed E-state index contributed by atoms with van der Waals surface area (Å²) in [4.78, 5) is 37.9. The molecule has 3 rings (SSSR count). The minimum atomic E-state index is -0.409. The predicted molar refractivity (Wildman–Crippen MR) is 132 cm³/mol. The zero-order chi connectivity index (χ0) is 25.6. The summed E-state index contributed by atoms with van der Waals surface area (Å²) in [5, 5.41) is 0. The Labute approximate surface area is 206 Å². The van der Waals surface area contributed by atoms with Gasteiger partial charge in [-0.3, -0.25) is 14.5 Å². The second-order valence-corrected chi connectivity index (χ2v) is 9.94. The molecule has 1 fully saturated rings. The van der Waals surface area contributed by atoms with Gasteiger partial charge in [-0.15, -0.1) is 0 Å². The van der Waals surface area contributed by atoms with Crippen molar-refractivity contribution in [3.8, 4) is 17.0 Å². The molecular formula is C26H34FN5O3. The van der Waals surface area contributed by atoms with Gasteiger partial charge in [-0.05, 0) is 17.6 Å². The summed E-state index contributed by atoms with van der Waals surface area (Å²) < 4.78 is 20.8. The summed E-state index contributed by atoms with van der Waals surface area (Å²) in [6, 6.07) is 4.85. The largest absolute Gasteiger partial charge is 0.488 e. The third-order valence-corrected chi connectivity index (χ3v) is 5.70. The number of piperazine rings is 1. The number of nitrogens with zero attached hydrogens (tertiary/aromatic N) is 5. The minimum Gasteiger partial charge on any atom is -0.488 e. The van der Waals surface area contributed by atoms with E-state index in [-0.39, 0.29) is 30.4 Å². The second-order valence-electron chi connectivity index (χ2n) is 9.94. The van der Waals surface area contributed by atoms with Crippen LogP contribution >= 0.6 is 0 Å². The molecule has 0 saturated carbocycles. The van der Waals surface area contributed by atoms with Gasteiger partial charge in [-0.2, -0.15) is 0 Å². The summed E-state index contributed by atoms with van der Waals surface area (Å²) in [5.41, 5.74) is 1.57. The van der Waals surface area contributed by atoms with E-state index in [1.165, 1.54) is 29.6 Å². The summed E-state index contributed by atoms with van der Waals surface area (Å²) in [6.07, 6.45) is 4.12. The van der Waals surface area contributed by atoms with Gasteiger partial charge in [0.25, 0.3) is 0 Å². The molecule has 188 valence electrons. The van der Waals surface area contributed by atoms with Crippen LogP contribution in [0.4, 0.5) is 4.39 Å². The number of halogens is 1. The van der Waals surface area contributed by atoms with Crippen LogP contribution in [0.25, 0.3) is 11.3 Å². The summed E-state index contributed by atoms with van der Waals surface area (Å²) in [5.74, 6) is -0.210. The maximum absolute atomic E-state index is 15.0. The van der Waals surface area contributed by atoms with E-state index < -0.39 is 5.82 Å². The van der Waals surface area contributed by atoms with Crippen LogP contribution in [0, 0.1) is 11.2 Å². The van der Waals surface area contributed by atoms with Gasteiger partial charge in [-0.1, -0.05) is 39.5 Å². The van der Waals surface area contributed by atoms with Crippen LogP contribution in [0.2, 0.25) is 0 Å². The third kappa shape index (κ3) is 7.32. The summed E-state index contributed by atoms with van der Waals surface area (Å²) in [6.45, 7) is 13.3. The highest BCUT2D eigenvalue weighted by Crippen LogP contribution is 2.28. The van der Waals surface area contributed by atoms with E-state index >= 15 is 4.39 Å². The Kier molecular flexibility index (Phi) is 8.56. The molecule has 9 heteroatoms. The average molecular weight is 484 g/mol. The van der Waals surface area contributed by atoms with E-state index in [1.807, 2.05) is 0 Å². The van der Waals surface area contributed by atoms with E-state index in [4.69, 9.17) is 4.74 Å². The number of amides is 2. The first kappa shape index (κ1) is 26.3. The lowest BCUT2D eigenvalue weighted by Gasteiger charge is -2.37. The van der Waals surface area contributed by atoms with Gasteiger partial charge >= 0.3 is 0 Å². The van der Waals surface area contributed by atoms with Crippen molar-refractivity contribution in [2.45, 2.75) is 27.3 Å². The van der Waals surface area contributed by atoms with Crippen LogP contribution in [0.3, 0.4) is 0 Å². The quantitative estimate of drug-likeness (QED) is 0.511. The van der Waals surface area contributed by atoms with E-state index in [2.05, 4.69) is 42.2 Å². The fraction of sp³-hybridized carbons (Fsp3) is 0.462. The molecule has 1 aliphatic heterocycles. The Balaban J connectivity index is 1.65. The van der Waals surface area contributed by atoms with Gasteiger partial charge in [0.15, 0.2) is 5.75 Å². The monoisotopic (exact) mass is 483 g/mol. The smallest absolute Gasteiger partial charge is 0.245 e. The molecule has 2 amide bonds. The number of rotatable bonds is 9. The lowest BCUT2D eigenvalue weighted by Crippen LogP contribution is -2.51. The Hall–Kier alpha value is -3.33. The molecule has 0 aliphatic carbocycles. The Morgan fingerprint density at radius 2 is 2.09 bits per heavy atom. The Bertz CT molecular complexity index is 1070. The van der Waals surface area contributed by atoms with Crippen LogP contribution in [0.15, 0.2) is 43.4 Å². The maximum Gasteiger partial charge on any atom is 0.245 e. The highest BCUT2D eigenvalue weighted by Gasteiger charge is 2.27. The number of hydrogen-bond donors (Lipinski definition) is 0. The Morgan fingerprint density at radius 1 is 1.31 bits per heavy atom. The molecule has 0 radical (unpaired) electrons. The number of hydrogen-bond acceptors (Lipinski definition) is 6. The average Bonchev–Trinajstić information content (AvgIpc) is 2.80. The van der Waals surface area contributed by atoms with Crippen molar-refractivity contribution in [1.82, 2.24) is 24.7 Å². The number of carbonyl (C=O) groups is 2. The molecule has 2 aromatic rings. The number of aromatic nitrogens is 2. The molecule has 0 N–H and O–H groups in total. The van der Waals surface area contributed by atoms with Gasteiger partial charge in [0.2, 0.25) is 11.8 Å². The topological polar surface area (TPSA) is 78.9 Å². The van der Waals surface area contributed by atoms with Crippen molar-refractivity contribution < 1.29 is 18.7 Å². The normalized spacial score (nSPS) is 14.7. The van der Waals surface area contributed by atoms with Crippen molar-refractivity contribution in [2.24, 2.45) is 5.41 Å². The van der Waals surface area contributed by atoms with Crippen molar-refractivity contribution in [1.29, 1.82) is 0 Å². The first-order valence-corrected chi connectivity index (χ1v) is 11.7. The number of likely N-dealkylation sites (N-methyl/N-ethyl adjacent to an activating group) is 1. The third-order valence-electron chi connectivity index (χ3n) is 5.70. The van der Waals surface area contributed by atoms with Crippen LogP contribution in [-0.2, 0) is 16.1 Å². The predicted octanol–water partition coefficient (Wildman–Crippen LogP) is 3.00. The van der Waals surface area contributed by atoms with Crippen LogP contribution < -0.4 is 4.74 Å². The molecule has 8 nitrogen and oxygen atoms in total. The van der Waals surface area contributed by atoms with Gasteiger partial charge in [0.05, 0.1) is 19.3 Å². The molecule has 0 atom stereocenters. The fourth-order valence-electron chi connectivity index (χ4n) is 3.96. The molecular weight excluding hydrogens is 449 g/mol. The maximum atomic E-state index is 15.0. The van der Waals surface area contributed by atoms with Crippen molar-refractivity contribution in [3.05, 3.63) is 54.8 Å². The van der Waals surface area contributed by atoms with E-state index in [0.717, 1.165) is 13.1 Å². The van der Waals surface area contributed by atoms with Crippen molar-refractivity contribution in [3.63, 3.8) is 0 Å². The van der Waals surface area contributed by atoms with Gasteiger partial charge in [0, 0.05) is 44.4 Å². The van der Waals surface area contributed by atoms with E-state index in [0.29, 0.717) is 42.2 Å². The fourth-order valence-corrected chi connectivity index (χ4v) is 3.96. The van der Waals surface area contributed by atoms with Crippen molar-refractivity contribution in [2.75, 3.05) is 46.4 Å². The number of ether oxygens (including phenoxy) is 1. The molecule has 0 unspecified atom stereocenters. The molecule has 1 aromatic carbocycles. The molecule has 1 aliphatic rings. The first-order chi connectivity index (χ1) is 16.6. The van der Waals surface area contributed by atoms with Crippen molar-refractivity contribution >= 4 is 11.8 Å². The van der Waals surface area contributed by atoms with E-state index in [9.17, 15) is 9.59 Å². The Morgan fingerprint density at radius 3 is 2.74 bits per heavy atom. The summed E-state index contributed by atoms with van der Waals surface area (Å²) in [7, 11) is 1.65. The molecule has 0 bridgehead atoms. The molecule has 2 heterocycles. The summed E-state index contributed by atoms with van der Waals surface area (Å²) >= 11 is 0. The molecule has 0 spiro atoms. The molecule has 1 aromatic heterocycles. The zero-order valence-electron chi connectivity index (χ0n) is 21.0. The highest BCUT2D eigenvalue weighted by molar-refractivity contribution is 5.86. The van der Waals surface area contributed by atoms with Gasteiger partial charge in [-0.25, -0.2) is 14.4 Å². The number of benzene rings is 1. The van der Waals surface area contributed by atoms with Crippen LogP contribution in [-0.4, -0.2) is 82.9 Å². The SMILES string of the molecule is C=CC(=O)N(C)CCOc1cncnc1-c1ccc(CN2CCN(CC(C)(C)C)CC2=O)c(F)c1. The highest BCUT2D eigenvalue weighted by atomic mass is 19.1. The van der Waals surface area contributed by atoms with Crippen LogP contribution in [0.5, 0.6) is 5.75 Å². The molecule has 1 saturated heterocycles. The second kappa shape index (κ2) is 11.4. The van der Waals surface area contributed by atoms with Gasteiger partial charge < -0.3 is 14.5 Å². The standard InChI is InChI=1S/C26H34FN5O3/c1-6-23(33)30(5)11-12-35-22-14-28-18-29-25(22)19-7-8-20(21(27)13-19)15-32-10-9-31(16-24(32)34)17-26(2,3)4/h6-8,13-14,18H,1,9-12,15-17H2,2-5H3. The van der Waals surface area contributed by atoms with Crippen LogP contribution in [0.1, 0.15) is 26.3 Å². The lowest BCUT2D eigenvalue weighted by atomic mass is 9.95. The minimum absolute atomic E-state index is 0.00960.